The van der Waals surface area contributed by atoms with Gasteiger partial charge in [0.05, 0.1) is 19.4 Å². The predicted molar refractivity (Wildman–Crippen MR) is 126 cm³/mol. The van der Waals surface area contributed by atoms with E-state index < -0.39 is 0 Å². The second kappa shape index (κ2) is 10.8. The van der Waals surface area contributed by atoms with Crippen LogP contribution in [0.5, 0.6) is 5.75 Å². The zero-order valence-corrected chi connectivity index (χ0v) is 19.4. The van der Waals surface area contributed by atoms with Crippen molar-refractivity contribution in [1.29, 1.82) is 0 Å². The minimum absolute atomic E-state index is 0.177. The molecule has 0 N–H and O–H groups in total. The Bertz CT molecular complexity index is 1040. The monoisotopic (exact) mass is 472 g/mol. The van der Waals surface area contributed by atoms with Crippen LogP contribution in [0.1, 0.15) is 11.5 Å². The number of benzene rings is 2. The third-order valence-electron chi connectivity index (χ3n) is 5.28. The van der Waals surface area contributed by atoms with Crippen molar-refractivity contribution in [3.63, 3.8) is 0 Å². The van der Waals surface area contributed by atoms with Crippen molar-refractivity contribution in [1.82, 2.24) is 19.9 Å². The first-order valence-electron chi connectivity index (χ1n) is 10.4. The Morgan fingerprint density at radius 2 is 1.94 bits per heavy atom. The molecule has 2 heterocycles. The molecule has 1 aliphatic heterocycles. The van der Waals surface area contributed by atoms with Gasteiger partial charge in [-0.05, 0) is 42.0 Å². The summed E-state index contributed by atoms with van der Waals surface area (Å²) < 4.78 is 10.6. The van der Waals surface area contributed by atoms with Gasteiger partial charge in [0.15, 0.2) is 0 Å². The molecule has 1 aliphatic rings. The van der Waals surface area contributed by atoms with E-state index in [0.29, 0.717) is 37.1 Å². The lowest BCUT2D eigenvalue weighted by Gasteiger charge is -2.33. The van der Waals surface area contributed by atoms with Gasteiger partial charge in [0.1, 0.15) is 5.75 Å². The van der Waals surface area contributed by atoms with Gasteiger partial charge in [0.2, 0.25) is 17.6 Å². The summed E-state index contributed by atoms with van der Waals surface area (Å²) in [5.41, 5.74) is 2.01. The Kier molecular flexibility index (Phi) is 7.68. The summed E-state index contributed by atoms with van der Waals surface area (Å²) >= 11 is 7.63. The van der Waals surface area contributed by atoms with Gasteiger partial charge in [-0.3, -0.25) is 9.69 Å². The number of halogens is 1. The molecule has 2 aromatic carbocycles. The Morgan fingerprint density at radius 1 is 1.16 bits per heavy atom. The molecule has 9 heteroatoms. The molecule has 3 aromatic rings. The Balaban J connectivity index is 1.21. The summed E-state index contributed by atoms with van der Waals surface area (Å²) in [5.74, 6) is 3.35. The van der Waals surface area contributed by atoms with E-state index >= 15 is 0 Å². The fourth-order valence-corrected chi connectivity index (χ4v) is 4.58. The van der Waals surface area contributed by atoms with E-state index in [0.717, 1.165) is 40.7 Å². The maximum atomic E-state index is 12.5. The van der Waals surface area contributed by atoms with E-state index in [4.69, 9.17) is 20.9 Å². The fraction of sp³-hybridized carbons (Fsp3) is 0.348. The van der Waals surface area contributed by atoms with Crippen LogP contribution in [-0.2, 0) is 17.1 Å². The van der Waals surface area contributed by atoms with Gasteiger partial charge in [-0.15, -0.1) is 11.8 Å². The molecule has 0 aliphatic carbocycles. The molecule has 7 nitrogen and oxygen atoms in total. The van der Waals surface area contributed by atoms with Crippen molar-refractivity contribution in [2.24, 2.45) is 0 Å². The third-order valence-corrected chi connectivity index (χ3v) is 6.51. The van der Waals surface area contributed by atoms with Gasteiger partial charge in [-0.25, -0.2) is 0 Å². The number of ether oxygens (including phenoxy) is 1. The molecule has 4 rings (SSSR count). The second-order valence-corrected chi connectivity index (χ2v) is 8.94. The van der Waals surface area contributed by atoms with Crippen LogP contribution in [0.3, 0.4) is 0 Å². The number of nitrogens with zero attached hydrogens (tertiary/aromatic N) is 4. The number of carbonyl (C=O) groups excluding carboxylic acids is 1. The maximum Gasteiger partial charge on any atom is 0.241 e. The number of hydrogen-bond donors (Lipinski definition) is 0. The quantitative estimate of drug-likeness (QED) is 0.491. The maximum absolute atomic E-state index is 12.5. The zero-order valence-electron chi connectivity index (χ0n) is 17.9. The molecule has 0 atom stereocenters. The Labute approximate surface area is 196 Å². The van der Waals surface area contributed by atoms with Crippen molar-refractivity contribution in [3.05, 3.63) is 65.0 Å². The summed E-state index contributed by atoms with van der Waals surface area (Å²) in [6.45, 7) is 3.55. The summed E-state index contributed by atoms with van der Waals surface area (Å²) in [6, 6.07) is 15.3. The van der Waals surface area contributed by atoms with Crippen molar-refractivity contribution in [2.45, 2.75) is 12.3 Å². The highest BCUT2D eigenvalue weighted by atomic mass is 35.5. The lowest BCUT2D eigenvalue weighted by atomic mass is 10.2. The smallest absolute Gasteiger partial charge is 0.241 e. The van der Waals surface area contributed by atoms with Crippen LogP contribution >= 0.6 is 23.4 Å². The Morgan fingerprint density at radius 3 is 2.66 bits per heavy atom. The molecule has 1 aromatic heterocycles. The molecule has 0 saturated carbocycles. The highest BCUT2D eigenvalue weighted by molar-refractivity contribution is 7.99. The highest BCUT2D eigenvalue weighted by Gasteiger charge is 2.22. The lowest BCUT2D eigenvalue weighted by Crippen LogP contribution is -2.48. The number of rotatable bonds is 8. The molecule has 0 bridgehead atoms. The molecular weight excluding hydrogens is 448 g/mol. The van der Waals surface area contributed by atoms with Crippen molar-refractivity contribution >= 4 is 29.3 Å². The molecule has 168 valence electrons. The number of hydrogen-bond acceptors (Lipinski definition) is 7. The number of amides is 1. The highest BCUT2D eigenvalue weighted by Crippen LogP contribution is 2.21. The van der Waals surface area contributed by atoms with E-state index in [2.05, 4.69) is 15.0 Å². The van der Waals surface area contributed by atoms with Crippen molar-refractivity contribution in [2.75, 3.05) is 39.0 Å². The first kappa shape index (κ1) is 22.6. The first-order valence-corrected chi connectivity index (χ1v) is 11.9. The second-order valence-electron chi connectivity index (χ2n) is 7.52. The van der Waals surface area contributed by atoms with Gasteiger partial charge in [0, 0.05) is 42.5 Å². The van der Waals surface area contributed by atoms with Crippen LogP contribution in [-0.4, -0.2) is 64.9 Å². The largest absolute Gasteiger partial charge is 0.497 e. The van der Waals surface area contributed by atoms with E-state index in [1.54, 1.807) is 18.9 Å². The first-order chi connectivity index (χ1) is 15.6. The van der Waals surface area contributed by atoms with Crippen molar-refractivity contribution in [3.8, 4) is 17.1 Å². The SMILES string of the molecule is COc1ccc(-c2noc(CN3CCN(C(=O)CSCc4cccc(Cl)c4)CC3)n2)cc1. The van der Waals surface area contributed by atoms with Gasteiger partial charge in [-0.2, -0.15) is 4.98 Å². The molecule has 0 spiro atoms. The topological polar surface area (TPSA) is 71.7 Å². The normalized spacial score (nSPS) is 14.5. The number of aromatic nitrogens is 2. The summed E-state index contributed by atoms with van der Waals surface area (Å²) in [5, 5.41) is 4.81. The van der Waals surface area contributed by atoms with Crippen LogP contribution in [0.25, 0.3) is 11.4 Å². The predicted octanol–water partition coefficient (Wildman–Crippen LogP) is 3.98. The zero-order chi connectivity index (χ0) is 22.3. The molecule has 0 unspecified atom stereocenters. The lowest BCUT2D eigenvalue weighted by molar-refractivity contribution is -0.130. The fourth-order valence-electron chi connectivity index (χ4n) is 3.50. The standard InChI is InChI=1S/C23H25ClN4O3S/c1-30-20-7-5-18(6-8-20)23-25-21(31-26-23)14-27-9-11-28(12-10-27)22(29)16-32-15-17-3-2-4-19(24)13-17/h2-8,13H,9-12,14-16H2,1H3. The van der Waals surface area contributed by atoms with Crippen LogP contribution in [0, 0.1) is 0 Å². The van der Waals surface area contributed by atoms with Gasteiger partial charge < -0.3 is 14.2 Å². The average Bonchev–Trinajstić information content (AvgIpc) is 3.28. The molecule has 1 fully saturated rings. The van der Waals surface area contributed by atoms with E-state index in [-0.39, 0.29) is 5.91 Å². The van der Waals surface area contributed by atoms with Crippen LogP contribution in [0.2, 0.25) is 5.02 Å². The molecular formula is C23H25ClN4O3S. The molecule has 1 amide bonds. The summed E-state index contributed by atoms with van der Waals surface area (Å²) in [6.07, 6.45) is 0. The van der Waals surface area contributed by atoms with Gasteiger partial charge in [-0.1, -0.05) is 28.9 Å². The van der Waals surface area contributed by atoms with E-state index in [1.807, 2.05) is 53.4 Å². The number of carbonyl (C=O) groups is 1. The molecule has 32 heavy (non-hydrogen) atoms. The minimum Gasteiger partial charge on any atom is -0.497 e. The summed E-state index contributed by atoms with van der Waals surface area (Å²) in [7, 11) is 1.63. The van der Waals surface area contributed by atoms with Crippen LogP contribution in [0.15, 0.2) is 53.1 Å². The van der Waals surface area contributed by atoms with E-state index in [9.17, 15) is 4.79 Å². The van der Waals surface area contributed by atoms with E-state index in [1.165, 1.54) is 0 Å². The van der Waals surface area contributed by atoms with Crippen molar-refractivity contribution < 1.29 is 14.1 Å². The van der Waals surface area contributed by atoms with Crippen LogP contribution < -0.4 is 4.74 Å². The van der Waals surface area contributed by atoms with Gasteiger partial charge >= 0.3 is 0 Å². The number of piperazine rings is 1. The summed E-state index contributed by atoms with van der Waals surface area (Å²) in [4.78, 5) is 21.2. The number of thioether (sulfide) groups is 1. The minimum atomic E-state index is 0.177. The number of methoxy groups -OCH3 is 1. The Hall–Kier alpha value is -2.55. The molecule has 1 saturated heterocycles. The molecule has 0 radical (unpaired) electrons. The average molecular weight is 473 g/mol. The van der Waals surface area contributed by atoms with Gasteiger partial charge in [0.25, 0.3) is 0 Å². The third kappa shape index (κ3) is 6.03. The van der Waals surface area contributed by atoms with Crippen LogP contribution in [0.4, 0.5) is 0 Å².